The molecule has 68 valence electrons. The number of hydrogen-bond donors (Lipinski definition) is 0. The average Bonchev–Trinajstić information content (AvgIpc) is 2.57. The Morgan fingerprint density at radius 3 is 2.38 bits per heavy atom. The highest BCUT2D eigenvalue weighted by molar-refractivity contribution is 5.49. The molecule has 2 nitrogen and oxygen atoms in total. The molecule has 0 aliphatic carbocycles. The maximum atomic E-state index is 10.2. The summed E-state index contributed by atoms with van der Waals surface area (Å²) in [5.41, 5.74) is 2.82. The van der Waals surface area contributed by atoms with Gasteiger partial charge >= 0.3 is 0 Å². The number of nitrogens with zero attached hydrogens (tertiary/aromatic N) is 1. The van der Waals surface area contributed by atoms with Crippen LogP contribution in [0.25, 0.3) is 0 Å². The first-order valence-corrected chi connectivity index (χ1v) is 4.63. The summed E-state index contributed by atoms with van der Waals surface area (Å²) in [6, 6.07) is 8.47. The molecule has 1 aromatic carbocycles. The number of carbonyl (C=O) groups is 1. The van der Waals surface area contributed by atoms with Crippen LogP contribution in [0, 0.1) is 0 Å². The molecule has 0 atom stereocenters. The molecule has 0 fully saturated rings. The van der Waals surface area contributed by atoms with Crippen LogP contribution in [0.1, 0.15) is 17.5 Å². The number of aldehydes is 1. The molecule has 0 amide bonds. The lowest BCUT2D eigenvalue weighted by Gasteiger charge is -2.11. The van der Waals surface area contributed by atoms with Gasteiger partial charge in [-0.05, 0) is 11.1 Å². The molecule has 0 bridgehead atoms. The van der Waals surface area contributed by atoms with E-state index in [1.165, 1.54) is 11.1 Å². The van der Waals surface area contributed by atoms with Crippen molar-refractivity contribution >= 4 is 6.29 Å². The molecular weight excluding hydrogens is 162 g/mol. The van der Waals surface area contributed by atoms with E-state index in [1.54, 1.807) is 0 Å². The van der Waals surface area contributed by atoms with E-state index < -0.39 is 0 Å². The predicted molar refractivity (Wildman–Crippen MR) is 51.2 cm³/mol. The largest absolute Gasteiger partial charge is 0.303 e. The molecule has 1 aliphatic rings. The van der Waals surface area contributed by atoms with Crippen molar-refractivity contribution in [3.63, 3.8) is 0 Å². The van der Waals surface area contributed by atoms with Gasteiger partial charge in [-0.25, -0.2) is 0 Å². The van der Waals surface area contributed by atoms with Gasteiger partial charge in [0, 0.05) is 26.1 Å². The van der Waals surface area contributed by atoms with Crippen molar-refractivity contribution in [2.75, 3.05) is 6.54 Å². The van der Waals surface area contributed by atoms with Gasteiger partial charge in [-0.1, -0.05) is 24.3 Å². The minimum absolute atomic E-state index is 0.647. The summed E-state index contributed by atoms with van der Waals surface area (Å²) in [6.07, 6.45) is 1.64. The van der Waals surface area contributed by atoms with Gasteiger partial charge in [0.2, 0.25) is 0 Å². The van der Waals surface area contributed by atoms with Crippen LogP contribution in [0.5, 0.6) is 0 Å². The Hall–Kier alpha value is -1.15. The van der Waals surface area contributed by atoms with Crippen molar-refractivity contribution in [1.82, 2.24) is 4.90 Å². The summed E-state index contributed by atoms with van der Waals surface area (Å²) in [4.78, 5) is 12.5. The topological polar surface area (TPSA) is 20.3 Å². The number of fused-ring (bicyclic) bond motifs is 1. The first-order chi connectivity index (χ1) is 6.40. The fourth-order valence-corrected chi connectivity index (χ4v) is 1.80. The lowest BCUT2D eigenvalue weighted by atomic mass is 10.1. The molecule has 13 heavy (non-hydrogen) atoms. The Balaban J connectivity index is 2.01. The number of carbonyl (C=O) groups excluding carboxylic acids is 1. The molecule has 0 N–H and O–H groups in total. The van der Waals surface area contributed by atoms with Crippen LogP contribution in [-0.2, 0) is 17.9 Å². The second-order valence-electron chi connectivity index (χ2n) is 3.43. The fourth-order valence-electron chi connectivity index (χ4n) is 1.80. The first kappa shape index (κ1) is 8.45. The zero-order valence-electron chi connectivity index (χ0n) is 7.57. The zero-order valence-corrected chi connectivity index (χ0v) is 7.57. The SMILES string of the molecule is O=CCCN1Cc2ccccc2C1. The normalized spacial score (nSPS) is 15.7. The smallest absolute Gasteiger partial charge is 0.121 e. The fraction of sp³-hybridized carbons (Fsp3) is 0.364. The van der Waals surface area contributed by atoms with Crippen molar-refractivity contribution < 1.29 is 4.79 Å². The molecule has 0 aromatic heterocycles. The maximum Gasteiger partial charge on any atom is 0.121 e. The quantitative estimate of drug-likeness (QED) is 0.650. The van der Waals surface area contributed by atoms with E-state index in [-0.39, 0.29) is 0 Å². The van der Waals surface area contributed by atoms with Gasteiger partial charge < -0.3 is 4.79 Å². The molecule has 0 spiro atoms. The number of benzene rings is 1. The van der Waals surface area contributed by atoms with Gasteiger partial charge in [0.05, 0.1) is 0 Å². The van der Waals surface area contributed by atoms with Crippen molar-refractivity contribution in [2.24, 2.45) is 0 Å². The van der Waals surface area contributed by atoms with Gasteiger partial charge in [0.25, 0.3) is 0 Å². The number of rotatable bonds is 3. The molecule has 2 heteroatoms. The predicted octanol–water partition coefficient (Wildman–Crippen LogP) is 1.59. The third kappa shape index (κ3) is 1.78. The molecule has 2 rings (SSSR count). The van der Waals surface area contributed by atoms with E-state index in [4.69, 9.17) is 0 Å². The van der Waals surface area contributed by atoms with Crippen molar-refractivity contribution in [3.8, 4) is 0 Å². The highest BCUT2D eigenvalue weighted by Gasteiger charge is 2.16. The summed E-state index contributed by atoms with van der Waals surface area (Å²) in [6.45, 7) is 2.90. The van der Waals surface area contributed by atoms with Crippen molar-refractivity contribution in [1.29, 1.82) is 0 Å². The summed E-state index contributed by atoms with van der Waals surface area (Å²) in [5.74, 6) is 0. The summed E-state index contributed by atoms with van der Waals surface area (Å²) >= 11 is 0. The average molecular weight is 175 g/mol. The highest BCUT2D eigenvalue weighted by Crippen LogP contribution is 2.21. The molecule has 1 heterocycles. The Labute approximate surface area is 78.2 Å². The van der Waals surface area contributed by atoms with Gasteiger partial charge in [-0.15, -0.1) is 0 Å². The molecule has 0 unspecified atom stereocenters. The summed E-state index contributed by atoms with van der Waals surface area (Å²) in [5, 5.41) is 0. The van der Waals surface area contributed by atoms with E-state index >= 15 is 0 Å². The van der Waals surface area contributed by atoms with Crippen LogP contribution in [-0.4, -0.2) is 17.7 Å². The lowest BCUT2D eigenvalue weighted by Crippen LogP contribution is -2.17. The molecule has 1 aliphatic heterocycles. The number of hydrogen-bond acceptors (Lipinski definition) is 2. The maximum absolute atomic E-state index is 10.2. The molecular formula is C11H13NO. The third-order valence-electron chi connectivity index (χ3n) is 2.47. The second kappa shape index (κ2) is 3.71. The Bertz CT molecular complexity index is 284. The van der Waals surface area contributed by atoms with Crippen LogP contribution in [0.3, 0.4) is 0 Å². The van der Waals surface area contributed by atoms with Gasteiger partial charge in [0.1, 0.15) is 6.29 Å². The van der Waals surface area contributed by atoms with Crippen LogP contribution in [0.4, 0.5) is 0 Å². The van der Waals surface area contributed by atoms with E-state index in [1.807, 2.05) is 0 Å². The monoisotopic (exact) mass is 175 g/mol. The molecule has 1 aromatic rings. The summed E-state index contributed by atoms with van der Waals surface area (Å²) in [7, 11) is 0. The molecule has 0 radical (unpaired) electrons. The van der Waals surface area contributed by atoms with Crippen LogP contribution in [0.15, 0.2) is 24.3 Å². The van der Waals surface area contributed by atoms with Gasteiger partial charge in [-0.3, -0.25) is 4.90 Å². The zero-order chi connectivity index (χ0) is 9.10. The van der Waals surface area contributed by atoms with Gasteiger partial charge in [0.15, 0.2) is 0 Å². The van der Waals surface area contributed by atoms with E-state index in [2.05, 4.69) is 29.2 Å². The molecule has 0 saturated carbocycles. The van der Waals surface area contributed by atoms with Crippen LogP contribution >= 0.6 is 0 Å². The third-order valence-corrected chi connectivity index (χ3v) is 2.47. The first-order valence-electron chi connectivity index (χ1n) is 4.63. The van der Waals surface area contributed by atoms with E-state index in [0.717, 1.165) is 25.9 Å². The van der Waals surface area contributed by atoms with Gasteiger partial charge in [-0.2, -0.15) is 0 Å². The Morgan fingerprint density at radius 2 is 1.85 bits per heavy atom. The van der Waals surface area contributed by atoms with Crippen LogP contribution < -0.4 is 0 Å². The minimum Gasteiger partial charge on any atom is -0.303 e. The van der Waals surface area contributed by atoms with Crippen LogP contribution in [0.2, 0.25) is 0 Å². The van der Waals surface area contributed by atoms with Crippen molar-refractivity contribution in [3.05, 3.63) is 35.4 Å². The second-order valence-corrected chi connectivity index (χ2v) is 3.43. The Morgan fingerprint density at radius 1 is 1.23 bits per heavy atom. The lowest BCUT2D eigenvalue weighted by molar-refractivity contribution is -0.108. The van der Waals surface area contributed by atoms with Crippen molar-refractivity contribution in [2.45, 2.75) is 19.5 Å². The summed E-state index contributed by atoms with van der Waals surface area (Å²) < 4.78 is 0. The standard InChI is InChI=1S/C11H13NO/c13-7-3-6-12-8-10-4-1-2-5-11(10)9-12/h1-2,4-5,7H,3,6,8-9H2. The van der Waals surface area contributed by atoms with E-state index in [0.29, 0.717) is 6.42 Å². The molecule has 0 saturated heterocycles. The Kier molecular flexibility index (Phi) is 2.41. The minimum atomic E-state index is 0.647. The highest BCUT2D eigenvalue weighted by atomic mass is 16.1. The van der Waals surface area contributed by atoms with E-state index in [9.17, 15) is 4.79 Å².